The summed E-state index contributed by atoms with van der Waals surface area (Å²) >= 11 is 3.31. The smallest absolute Gasteiger partial charge is 0.0897 e. The van der Waals surface area contributed by atoms with Gasteiger partial charge in [0.25, 0.3) is 0 Å². The molecule has 0 aromatic carbocycles. The van der Waals surface area contributed by atoms with Crippen molar-refractivity contribution in [2.45, 2.75) is 31.5 Å². The molecule has 0 aromatic rings. The van der Waals surface area contributed by atoms with Crippen LogP contribution in [0.3, 0.4) is 0 Å². The van der Waals surface area contributed by atoms with Crippen LogP contribution in [-0.2, 0) is 13.4 Å². The summed E-state index contributed by atoms with van der Waals surface area (Å²) in [5.74, 6) is 0. The summed E-state index contributed by atoms with van der Waals surface area (Å²) in [6, 6.07) is 0. The zero-order chi connectivity index (χ0) is 13.4. The average molecular weight is 366 g/mol. The molecule has 0 spiro atoms. The first kappa shape index (κ1) is 18.3. The maximum atomic E-state index is 6.00. The van der Waals surface area contributed by atoms with Crippen LogP contribution >= 0.6 is 54.2 Å². The van der Waals surface area contributed by atoms with Crippen LogP contribution in [0.5, 0.6) is 0 Å². The van der Waals surface area contributed by atoms with E-state index in [-0.39, 0.29) is 14.2 Å². The third-order valence-corrected chi connectivity index (χ3v) is 9.47. The van der Waals surface area contributed by atoms with E-state index in [4.69, 9.17) is 13.4 Å². The molecule has 108 valence electrons. The third-order valence-electron chi connectivity index (χ3n) is 2.46. The van der Waals surface area contributed by atoms with Crippen molar-refractivity contribution in [3.63, 3.8) is 0 Å². The lowest BCUT2D eigenvalue weighted by molar-refractivity contribution is -0.0382. The standard InChI is InChI=1S/C9H22O3P4S2/c1-15(18-14)12-9-3-5-10-8(7-9)4-6-11-17-16(2)13/h8-9H,3-7,13-14H2,1-2H3/t8?,9-,15?,16?/m1/s1. The SMILES string of the molecule is CP(P)SOCCC1C[C@H](OP(C)SP)CCO1. The van der Waals surface area contributed by atoms with E-state index in [1.165, 1.54) is 0 Å². The quantitative estimate of drug-likeness (QED) is 0.347. The Hall–Kier alpha value is 2.30. The van der Waals surface area contributed by atoms with Gasteiger partial charge in [-0.3, -0.25) is 0 Å². The Balaban J connectivity index is 2.14. The normalized spacial score (nSPS) is 28.0. The van der Waals surface area contributed by atoms with Gasteiger partial charge in [0, 0.05) is 24.7 Å². The minimum atomic E-state index is -0.356. The Morgan fingerprint density at radius 3 is 2.89 bits per heavy atom. The van der Waals surface area contributed by atoms with E-state index in [1.807, 2.05) is 0 Å². The van der Waals surface area contributed by atoms with E-state index in [2.05, 4.69) is 30.7 Å². The highest BCUT2D eigenvalue weighted by Crippen LogP contribution is 2.54. The van der Waals surface area contributed by atoms with Gasteiger partial charge in [-0.1, -0.05) is 28.4 Å². The van der Waals surface area contributed by atoms with E-state index in [1.54, 1.807) is 22.7 Å². The van der Waals surface area contributed by atoms with Gasteiger partial charge in [0.2, 0.25) is 0 Å². The van der Waals surface area contributed by atoms with Crippen molar-refractivity contribution >= 4 is 54.2 Å². The van der Waals surface area contributed by atoms with Crippen LogP contribution in [0.15, 0.2) is 0 Å². The molecule has 9 heteroatoms. The second kappa shape index (κ2) is 10.9. The topological polar surface area (TPSA) is 27.7 Å². The fourth-order valence-corrected chi connectivity index (χ4v) is 4.91. The maximum absolute atomic E-state index is 6.00. The predicted octanol–water partition coefficient (Wildman–Crippen LogP) is 4.89. The van der Waals surface area contributed by atoms with Crippen LogP contribution < -0.4 is 0 Å². The third kappa shape index (κ3) is 8.56. The first-order chi connectivity index (χ1) is 8.61. The van der Waals surface area contributed by atoms with E-state index in [0.29, 0.717) is 12.2 Å². The van der Waals surface area contributed by atoms with Crippen molar-refractivity contribution in [3.8, 4) is 0 Å². The van der Waals surface area contributed by atoms with Crippen LogP contribution in [0, 0.1) is 0 Å². The largest absolute Gasteiger partial charge is 0.378 e. The summed E-state index contributed by atoms with van der Waals surface area (Å²) in [5, 5.41) is 0. The zero-order valence-corrected chi connectivity index (χ0v) is 16.5. The highest BCUT2D eigenvalue weighted by atomic mass is 33.1. The number of hydrogen-bond donors (Lipinski definition) is 0. The van der Waals surface area contributed by atoms with Crippen LogP contribution in [0.4, 0.5) is 0 Å². The number of ether oxygens (including phenoxy) is 1. The molecule has 0 saturated carbocycles. The monoisotopic (exact) mass is 366 g/mol. The Morgan fingerprint density at radius 1 is 1.44 bits per heavy atom. The first-order valence-electron chi connectivity index (χ1n) is 5.78. The molecule has 1 aliphatic rings. The van der Waals surface area contributed by atoms with Gasteiger partial charge in [-0.2, -0.15) is 0 Å². The summed E-state index contributed by atoms with van der Waals surface area (Å²) in [6.07, 6.45) is 3.67. The molecule has 0 N–H and O–H groups in total. The van der Waals surface area contributed by atoms with Crippen LogP contribution in [-0.4, -0.2) is 38.8 Å². The lowest BCUT2D eigenvalue weighted by Gasteiger charge is -2.30. The van der Waals surface area contributed by atoms with E-state index >= 15 is 0 Å². The van der Waals surface area contributed by atoms with E-state index in [0.717, 1.165) is 32.5 Å². The zero-order valence-electron chi connectivity index (χ0n) is 10.8. The Kier molecular flexibility index (Phi) is 11.2. The molecule has 0 aliphatic carbocycles. The van der Waals surface area contributed by atoms with Crippen molar-refractivity contribution in [2.24, 2.45) is 0 Å². The van der Waals surface area contributed by atoms with Gasteiger partial charge in [0.1, 0.15) is 0 Å². The molecular weight excluding hydrogens is 344 g/mol. The summed E-state index contributed by atoms with van der Waals surface area (Å²) in [7, 11) is 5.10. The maximum Gasteiger partial charge on any atom is 0.0897 e. The minimum Gasteiger partial charge on any atom is -0.378 e. The van der Waals surface area contributed by atoms with Crippen molar-refractivity contribution in [1.29, 1.82) is 0 Å². The minimum absolute atomic E-state index is 0.109. The van der Waals surface area contributed by atoms with Crippen LogP contribution in [0.25, 0.3) is 0 Å². The van der Waals surface area contributed by atoms with Gasteiger partial charge in [-0.25, -0.2) is 0 Å². The lowest BCUT2D eigenvalue weighted by atomic mass is 10.0. The molecule has 1 heterocycles. The van der Waals surface area contributed by atoms with Crippen molar-refractivity contribution in [2.75, 3.05) is 26.5 Å². The van der Waals surface area contributed by atoms with E-state index < -0.39 is 0 Å². The first-order valence-corrected chi connectivity index (χ1v) is 15.1. The lowest BCUT2D eigenvalue weighted by Crippen LogP contribution is -2.30. The van der Waals surface area contributed by atoms with Gasteiger partial charge in [-0.15, -0.1) is 0 Å². The van der Waals surface area contributed by atoms with E-state index in [9.17, 15) is 0 Å². The molecule has 1 saturated heterocycles. The Bertz CT molecular complexity index is 226. The molecular formula is C9H22O3P4S2. The summed E-state index contributed by atoms with van der Waals surface area (Å²) in [5.41, 5.74) is 0. The number of rotatable bonds is 8. The van der Waals surface area contributed by atoms with Crippen LogP contribution in [0.1, 0.15) is 19.3 Å². The second-order valence-electron chi connectivity index (χ2n) is 4.02. The fraction of sp³-hybridized carbons (Fsp3) is 1.00. The second-order valence-corrected chi connectivity index (χ2v) is 16.5. The average Bonchev–Trinajstić information content (AvgIpc) is 2.35. The van der Waals surface area contributed by atoms with Gasteiger partial charge in [0.15, 0.2) is 0 Å². The summed E-state index contributed by atoms with van der Waals surface area (Å²) in [4.78, 5) is 0. The van der Waals surface area contributed by atoms with Gasteiger partial charge >= 0.3 is 0 Å². The van der Waals surface area contributed by atoms with Crippen LogP contribution in [0.2, 0.25) is 0 Å². The molecule has 0 bridgehead atoms. The molecule has 1 rings (SSSR count). The molecule has 0 amide bonds. The Labute approximate surface area is 125 Å². The van der Waals surface area contributed by atoms with Crippen molar-refractivity contribution < 1.29 is 13.4 Å². The Morgan fingerprint density at radius 2 is 2.22 bits per heavy atom. The molecule has 18 heavy (non-hydrogen) atoms. The molecule has 3 nitrogen and oxygen atoms in total. The molecule has 1 fully saturated rings. The molecule has 5 unspecified atom stereocenters. The summed E-state index contributed by atoms with van der Waals surface area (Å²) in [6.45, 7) is 5.79. The molecule has 0 radical (unpaired) electrons. The predicted molar refractivity (Wildman–Crippen MR) is 94.7 cm³/mol. The van der Waals surface area contributed by atoms with Gasteiger partial charge in [0.05, 0.1) is 26.2 Å². The summed E-state index contributed by atoms with van der Waals surface area (Å²) < 4.78 is 17.3. The van der Waals surface area contributed by atoms with Crippen molar-refractivity contribution in [3.05, 3.63) is 0 Å². The van der Waals surface area contributed by atoms with Gasteiger partial charge in [-0.05, 0) is 33.0 Å². The number of hydrogen-bond acceptors (Lipinski definition) is 5. The highest BCUT2D eigenvalue weighted by molar-refractivity contribution is 8.77. The highest BCUT2D eigenvalue weighted by Gasteiger charge is 2.24. The van der Waals surface area contributed by atoms with Crippen molar-refractivity contribution in [1.82, 2.24) is 0 Å². The molecule has 6 atom stereocenters. The van der Waals surface area contributed by atoms with Gasteiger partial charge < -0.3 is 13.4 Å². The molecule has 1 aliphatic heterocycles. The fourth-order valence-electron chi connectivity index (χ4n) is 1.68. The molecule has 0 aromatic heterocycles.